The van der Waals surface area contributed by atoms with Crippen LogP contribution in [0.4, 0.5) is 10.1 Å². The molecule has 2 aromatic carbocycles. The van der Waals surface area contributed by atoms with Gasteiger partial charge in [-0.25, -0.2) is 14.2 Å². The van der Waals surface area contributed by atoms with Crippen LogP contribution in [0.5, 0.6) is 0 Å². The molecular formula is C18H13FN2O3. The normalized spacial score (nSPS) is 10.5. The first-order valence-electron chi connectivity index (χ1n) is 7.19. The minimum Gasteiger partial charge on any atom is -0.476 e. The predicted molar refractivity (Wildman–Crippen MR) is 87.4 cm³/mol. The number of nitrogens with one attached hydrogen (secondary N) is 1. The summed E-state index contributed by atoms with van der Waals surface area (Å²) in [4.78, 5) is 27.1. The third kappa shape index (κ3) is 3.38. The molecule has 120 valence electrons. The van der Waals surface area contributed by atoms with Gasteiger partial charge in [-0.2, -0.15) is 0 Å². The lowest BCUT2D eigenvalue weighted by Gasteiger charge is -2.08. The molecule has 0 fully saturated rings. The molecule has 0 aliphatic heterocycles. The van der Waals surface area contributed by atoms with Crippen LogP contribution >= 0.6 is 0 Å². The molecule has 0 saturated carbocycles. The molecule has 0 aliphatic carbocycles. The maximum Gasteiger partial charge on any atom is 0.355 e. The molecule has 5 nitrogen and oxygen atoms in total. The molecule has 1 heterocycles. The highest BCUT2D eigenvalue weighted by molar-refractivity contribution is 6.03. The van der Waals surface area contributed by atoms with Crippen LogP contribution in [0.1, 0.15) is 16.1 Å². The highest BCUT2D eigenvalue weighted by Crippen LogP contribution is 2.21. The second-order valence-electron chi connectivity index (χ2n) is 5.25. The fraction of sp³-hybridized carbons (Fsp3) is 0.0556. The summed E-state index contributed by atoms with van der Waals surface area (Å²) in [5, 5.41) is 13.0. The summed E-state index contributed by atoms with van der Waals surface area (Å²) in [7, 11) is 0. The van der Waals surface area contributed by atoms with Gasteiger partial charge in [0.2, 0.25) is 5.91 Å². The molecule has 1 aromatic heterocycles. The van der Waals surface area contributed by atoms with Crippen molar-refractivity contribution in [2.75, 3.05) is 5.32 Å². The number of anilines is 1. The first-order chi connectivity index (χ1) is 11.5. The van der Waals surface area contributed by atoms with Gasteiger partial charge < -0.3 is 10.4 Å². The first kappa shape index (κ1) is 15.6. The Bertz CT molecular complexity index is 923. The monoisotopic (exact) mass is 324 g/mol. The number of benzene rings is 2. The number of amides is 1. The zero-order valence-electron chi connectivity index (χ0n) is 12.5. The molecular weight excluding hydrogens is 311 g/mol. The summed E-state index contributed by atoms with van der Waals surface area (Å²) < 4.78 is 12.9. The lowest BCUT2D eigenvalue weighted by molar-refractivity contribution is -0.115. The van der Waals surface area contributed by atoms with Crippen molar-refractivity contribution < 1.29 is 19.1 Å². The standard InChI is InChI=1S/C18H13FN2O3/c19-13-3-1-11(2-4-13)9-16(22)21-14-5-6-15-12(10-14)7-8-20-17(15)18(23)24/h1-8,10H,9H2,(H,21,22)(H,23,24). The van der Waals surface area contributed by atoms with Gasteiger partial charge in [0.05, 0.1) is 6.42 Å². The highest BCUT2D eigenvalue weighted by Gasteiger charge is 2.11. The summed E-state index contributed by atoms with van der Waals surface area (Å²) in [6.07, 6.45) is 1.53. The fourth-order valence-electron chi connectivity index (χ4n) is 2.42. The van der Waals surface area contributed by atoms with E-state index in [0.717, 1.165) is 0 Å². The van der Waals surface area contributed by atoms with E-state index in [-0.39, 0.29) is 23.8 Å². The number of aromatic carboxylic acids is 1. The van der Waals surface area contributed by atoms with E-state index in [1.54, 1.807) is 36.4 Å². The number of hydrogen-bond donors (Lipinski definition) is 2. The number of carbonyl (C=O) groups excluding carboxylic acids is 1. The van der Waals surface area contributed by atoms with Crippen molar-refractivity contribution in [2.24, 2.45) is 0 Å². The van der Waals surface area contributed by atoms with Crippen molar-refractivity contribution >= 4 is 28.3 Å². The van der Waals surface area contributed by atoms with E-state index >= 15 is 0 Å². The van der Waals surface area contributed by atoms with Gasteiger partial charge >= 0.3 is 5.97 Å². The number of halogens is 1. The van der Waals surface area contributed by atoms with Crippen LogP contribution in [0.25, 0.3) is 10.8 Å². The van der Waals surface area contributed by atoms with Crippen LogP contribution in [0.3, 0.4) is 0 Å². The van der Waals surface area contributed by atoms with Gasteiger partial charge in [0, 0.05) is 17.3 Å². The Kier molecular flexibility index (Phi) is 4.20. The van der Waals surface area contributed by atoms with Gasteiger partial charge in [0.1, 0.15) is 5.82 Å². The zero-order chi connectivity index (χ0) is 17.1. The van der Waals surface area contributed by atoms with Crippen molar-refractivity contribution in [3.63, 3.8) is 0 Å². The third-order valence-electron chi connectivity index (χ3n) is 3.53. The van der Waals surface area contributed by atoms with E-state index in [2.05, 4.69) is 10.3 Å². The minimum atomic E-state index is -1.10. The molecule has 0 unspecified atom stereocenters. The number of fused-ring (bicyclic) bond motifs is 1. The Hall–Kier alpha value is -3.28. The van der Waals surface area contributed by atoms with Crippen molar-refractivity contribution in [3.8, 4) is 0 Å². The van der Waals surface area contributed by atoms with Crippen LogP contribution in [-0.4, -0.2) is 22.0 Å². The van der Waals surface area contributed by atoms with Gasteiger partial charge in [-0.3, -0.25) is 4.79 Å². The molecule has 0 atom stereocenters. The Morgan fingerprint density at radius 3 is 2.54 bits per heavy atom. The summed E-state index contributed by atoms with van der Waals surface area (Å²) in [6.45, 7) is 0. The number of carboxylic acids is 1. The average Bonchev–Trinajstić information content (AvgIpc) is 2.56. The predicted octanol–water partition coefficient (Wildman–Crippen LogP) is 3.25. The maximum absolute atomic E-state index is 12.9. The van der Waals surface area contributed by atoms with Crippen LogP contribution < -0.4 is 5.32 Å². The second-order valence-corrected chi connectivity index (χ2v) is 5.25. The Morgan fingerprint density at radius 2 is 1.83 bits per heavy atom. The average molecular weight is 324 g/mol. The summed E-state index contributed by atoms with van der Waals surface area (Å²) in [5.74, 6) is -1.70. The van der Waals surface area contributed by atoms with Crippen LogP contribution in [0.15, 0.2) is 54.7 Å². The van der Waals surface area contributed by atoms with Crippen LogP contribution in [0.2, 0.25) is 0 Å². The first-order valence-corrected chi connectivity index (χ1v) is 7.19. The third-order valence-corrected chi connectivity index (χ3v) is 3.53. The molecule has 3 rings (SSSR count). The van der Waals surface area contributed by atoms with Gasteiger partial charge in [0.15, 0.2) is 5.69 Å². The maximum atomic E-state index is 12.9. The Balaban J connectivity index is 1.79. The molecule has 0 aliphatic rings. The minimum absolute atomic E-state index is 0.0308. The summed E-state index contributed by atoms with van der Waals surface area (Å²) in [5.41, 5.74) is 1.22. The topological polar surface area (TPSA) is 79.3 Å². The van der Waals surface area contributed by atoms with E-state index < -0.39 is 5.97 Å². The number of carboxylic acid groups (broad SMARTS) is 1. The molecule has 0 radical (unpaired) electrons. The smallest absolute Gasteiger partial charge is 0.355 e. The van der Waals surface area contributed by atoms with E-state index in [1.165, 1.54) is 18.3 Å². The number of hydrogen-bond acceptors (Lipinski definition) is 3. The summed E-state index contributed by atoms with van der Waals surface area (Å²) in [6, 6.07) is 12.3. The quantitative estimate of drug-likeness (QED) is 0.772. The highest BCUT2D eigenvalue weighted by atomic mass is 19.1. The van der Waals surface area contributed by atoms with E-state index in [0.29, 0.717) is 22.0 Å². The lowest BCUT2D eigenvalue weighted by atomic mass is 10.1. The molecule has 6 heteroatoms. The Morgan fingerprint density at radius 1 is 1.08 bits per heavy atom. The number of nitrogens with zero attached hydrogens (tertiary/aromatic N) is 1. The SMILES string of the molecule is O=C(Cc1ccc(F)cc1)Nc1ccc2c(C(=O)O)nccc2c1. The molecule has 0 bridgehead atoms. The number of rotatable bonds is 4. The number of carbonyl (C=O) groups is 2. The molecule has 2 N–H and O–H groups in total. The van der Waals surface area contributed by atoms with Gasteiger partial charge in [-0.1, -0.05) is 12.1 Å². The van der Waals surface area contributed by atoms with E-state index in [9.17, 15) is 14.0 Å². The molecule has 0 saturated heterocycles. The van der Waals surface area contributed by atoms with E-state index in [4.69, 9.17) is 5.11 Å². The van der Waals surface area contributed by atoms with Crippen molar-refractivity contribution in [1.82, 2.24) is 4.98 Å². The largest absolute Gasteiger partial charge is 0.476 e. The number of aromatic nitrogens is 1. The Labute approximate surface area is 136 Å². The second kappa shape index (κ2) is 6.45. The number of pyridine rings is 1. The fourth-order valence-corrected chi connectivity index (χ4v) is 2.42. The van der Waals surface area contributed by atoms with Crippen molar-refractivity contribution in [2.45, 2.75) is 6.42 Å². The van der Waals surface area contributed by atoms with Gasteiger partial charge in [0.25, 0.3) is 0 Å². The van der Waals surface area contributed by atoms with Crippen molar-refractivity contribution in [3.05, 3.63) is 71.8 Å². The van der Waals surface area contributed by atoms with Gasteiger partial charge in [-0.05, 0) is 47.3 Å². The molecule has 24 heavy (non-hydrogen) atoms. The zero-order valence-corrected chi connectivity index (χ0v) is 12.5. The molecule has 1 amide bonds. The van der Waals surface area contributed by atoms with E-state index in [1.807, 2.05) is 0 Å². The van der Waals surface area contributed by atoms with Crippen molar-refractivity contribution in [1.29, 1.82) is 0 Å². The molecule has 3 aromatic rings. The lowest BCUT2D eigenvalue weighted by Crippen LogP contribution is -2.14. The molecule has 0 spiro atoms. The van der Waals surface area contributed by atoms with Crippen LogP contribution in [-0.2, 0) is 11.2 Å². The van der Waals surface area contributed by atoms with Gasteiger partial charge in [-0.15, -0.1) is 0 Å². The summed E-state index contributed by atoms with van der Waals surface area (Å²) >= 11 is 0. The van der Waals surface area contributed by atoms with Crippen LogP contribution in [0, 0.1) is 5.82 Å².